The highest BCUT2D eigenvalue weighted by Gasteiger charge is 2.16. The Morgan fingerprint density at radius 3 is 2.76 bits per heavy atom. The highest BCUT2D eigenvalue weighted by molar-refractivity contribution is 9.10. The maximum absolute atomic E-state index is 13.0. The average molecular weight is 297 g/mol. The first-order chi connectivity index (χ1) is 8.22. The Balaban J connectivity index is 2.42. The molecule has 2 aromatic rings. The lowest BCUT2D eigenvalue weighted by Crippen LogP contribution is -2.29. The Labute approximate surface area is 106 Å². The van der Waals surface area contributed by atoms with Gasteiger partial charge in [0.1, 0.15) is 5.82 Å². The standard InChI is InChI=1S/C11H10BrFN4/c12-9-5-7(13)1-2-8(9)11(17-14)10-6-15-3-4-16-10/h1-6,11,17H,14H2. The van der Waals surface area contributed by atoms with Gasteiger partial charge in [0.15, 0.2) is 0 Å². The van der Waals surface area contributed by atoms with Crippen LogP contribution in [-0.4, -0.2) is 9.97 Å². The Kier molecular flexibility index (Phi) is 3.78. The van der Waals surface area contributed by atoms with Crippen molar-refractivity contribution in [1.29, 1.82) is 0 Å². The van der Waals surface area contributed by atoms with E-state index in [1.54, 1.807) is 24.7 Å². The van der Waals surface area contributed by atoms with Crippen molar-refractivity contribution >= 4 is 15.9 Å². The van der Waals surface area contributed by atoms with Crippen LogP contribution in [0.5, 0.6) is 0 Å². The summed E-state index contributed by atoms with van der Waals surface area (Å²) in [6.45, 7) is 0. The van der Waals surface area contributed by atoms with Gasteiger partial charge in [-0.2, -0.15) is 0 Å². The van der Waals surface area contributed by atoms with Crippen LogP contribution in [0.1, 0.15) is 17.3 Å². The topological polar surface area (TPSA) is 63.8 Å². The fraction of sp³-hybridized carbons (Fsp3) is 0.0909. The molecule has 0 radical (unpaired) electrons. The molecule has 0 saturated carbocycles. The summed E-state index contributed by atoms with van der Waals surface area (Å²) < 4.78 is 13.6. The number of rotatable bonds is 3. The monoisotopic (exact) mass is 296 g/mol. The van der Waals surface area contributed by atoms with Crippen LogP contribution in [0.3, 0.4) is 0 Å². The van der Waals surface area contributed by atoms with E-state index < -0.39 is 0 Å². The molecule has 0 aliphatic rings. The fourth-order valence-corrected chi connectivity index (χ4v) is 2.11. The number of hydrogen-bond donors (Lipinski definition) is 2. The van der Waals surface area contributed by atoms with Crippen LogP contribution in [0.2, 0.25) is 0 Å². The molecule has 0 spiro atoms. The third-order valence-corrected chi connectivity index (χ3v) is 3.01. The number of hydrogen-bond acceptors (Lipinski definition) is 4. The molecule has 88 valence electrons. The lowest BCUT2D eigenvalue weighted by molar-refractivity contribution is 0.603. The Hall–Kier alpha value is -1.37. The minimum atomic E-state index is -0.335. The van der Waals surface area contributed by atoms with Gasteiger partial charge < -0.3 is 0 Å². The van der Waals surface area contributed by atoms with Gasteiger partial charge in [-0.25, -0.2) is 9.82 Å². The van der Waals surface area contributed by atoms with E-state index in [4.69, 9.17) is 5.84 Å². The maximum Gasteiger partial charge on any atom is 0.124 e. The second-order valence-corrected chi connectivity index (χ2v) is 4.25. The molecular weight excluding hydrogens is 287 g/mol. The molecule has 3 N–H and O–H groups in total. The van der Waals surface area contributed by atoms with Crippen molar-refractivity contribution in [3.8, 4) is 0 Å². The third kappa shape index (κ3) is 2.66. The molecular formula is C11H10BrFN4. The molecule has 17 heavy (non-hydrogen) atoms. The third-order valence-electron chi connectivity index (χ3n) is 2.32. The van der Waals surface area contributed by atoms with E-state index in [0.29, 0.717) is 10.2 Å². The molecule has 4 nitrogen and oxygen atoms in total. The molecule has 1 aromatic carbocycles. The molecule has 2 rings (SSSR count). The molecule has 1 heterocycles. The van der Waals surface area contributed by atoms with Gasteiger partial charge >= 0.3 is 0 Å². The normalized spacial score (nSPS) is 12.4. The van der Waals surface area contributed by atoms with E-state index >= 15 is 0 Å². The van der Waals surface area contributed by atoms with Gasteiger partial charge in [-0.1, -0.05) is 22.0 Å². The van der Waals surface area contributed by atoms with Gasteiger partial charge in [-0.05, 0) is 17.7 Å². The summed E-state index contributed by atoms with van der Waals surface area (Å²) in [5.74, 6) is 5.20. The number of nitrogens with one attached hydrogen (secondary N) is 1. The zero-order chi connectivity index (χ0) is 12.3. The summed E-state index contributed by atoms with van der Waals surface area (Å²) in [6.07, 6.45) is 4.77. The van der Waals surface area contributed by atoms with E-state index in [1.165, 1.54) is 12.1 Å². The van der Waals surface area contributed by atoms with Crippen LogP contribution < -0.4 is 11.3 Å². The van der Waals surface area contributed by atoms with E-state index in [2.05, 4.69) is 31.3 Å². The van der Waals surface area contributed by atoms with Crippen molar-refractivity contribution in [3.05, 3.63) is 58.3 Å². The lowest BCUT2D eigenvalue weighted by atomic mass is 10.0. The molecule has 0 aliphatic heterocycles. The zero-order valence-electron chi connectivity index (χ0n) is 8.77. The molecule has 1 atom stereocenters. The summed E-state index contributed by atoms with van der Waals surface area (Å²) in [6, 6.07) is 4.08. The smallest absolute Gasteiger partial charge is 0.124 e. The van der Waals surface area contributed by atoms with Crippen LogP contribution in [0.4, 0.5) is 4.39 Å². The van der Waals surface area contributed by atoms with Gasteiger partial charge in [0.25, 0.3) is 0 Å². The number of hydrazine groups is 1. The summed E-state index contributed by atoms with van der Waals surface area (Å²) in [5, 5.41) is 0. The molecule has 1 aromatic heterocycles. The van der Waals surface area contributed by atoms with Crippen LogP contribution in [0.25, 0.3) is 0 Å². The Bertz CT molecular complexity index is 506. The van der Waals surface area contributed by atoms with Crippen molar-refractivity contribution < 1.29 is 4.39 Å². The van der Waals surface area contributed by atoms with E-state index in [9.17, 15) is 4.39 Å². The molecule has 0 aliphatic carbocycles. The van der Waals surface area contributed by atoms with Gasteiger partial charge in [-0.15, -0.1) is 0 Å². The summed E-state index contributed by atoms with van der Waals surface area (Å²) in [5.41, 5.74) is 4.11. The molecule has 0 fully saturated rings. The first kappa shape index (κ1) is 12.1. The second-order valence-electron chi connectivity index (χ2n) is 3.40. The predicted octanol–water partition coefficient (Wildman–Crippen LogP) is 1.93. The number of benzene rings is 1. The molecule has 0 amide bonds. The van der Waals surface area contributed by atoms with Crippen LogP contribution >= 0.6 is 15.9 Å². The van der Waals surface area contributed by atoms with Crippen molar-refractivity contribution in [2.24, 2.45) is 5.84 Å². The SMILES string of the molecule is NNC(c1cnccn1)c1ccc(F)cc1Br. The average Bonchev–Trinajstić information content (AvgIpc) is 2.34. The fourth-order valence-electron chi connectivity index (χ4n) is 1.53. The molecule has 6 heteroatoms. The summed E-state index contributed by atoms with van der Waals surface area (Å²) in [7, 11) is 0. The minimum Gasteiger partial charge on any atom is -0.271 e. The van der Waals surface area contributed by atoms with Gasteiger partial charge in [-0.3, -0.25) is 15.8 Å². The molecule has 0 saturated heterocycles. The van der Waals surface area contributed by atoms with Crippen molar-refractivity contribution in [3.63, 3.8) is 0 Å². The van der Waals surface area contributed by atoms with Crippen molar-refractivity contribution in [1.82, 2.24) is 15.4 Å². The second kappa shape index (κ2) is 5.31. The number of halogens is 2. The molecule has 1 unspecified atom stereocenters. The molecule has 0 bridgehead atoms. The number of nitrogens with two attached hydrogens (primary N) is 1. The number of aromatic nitrogens is 2. The largest absolute Gasteiger partial charge is 0.271 e. The maximum atomic E-state index is 13.0. The zero-order valence-corrected chi connectivity index (χ0v) is 10.4. The van der Waals surface area contributed by atoms with Gasteiger partial charge in [0.05, 0.1) is 17.9 Å². The highest BCUT2D eigenvalue weighted by atomic mass is 79.9. The highest BCUT2D eigenvalue weighted by Crippen LogP contribution is 2.27. The summed E-state index contributed by atoms with van der Waals surface area (Å²) >= 11 is 3.30. The van der Waals surface area contributed by atoms with Crippen LogP contribution in [-0.2, 0) is 0 Å². The van der Waals surface area contributed by atoms with Crippen LogP contribution in [0.15, 0.2) is 41.3 Å². The Morgan fingerprint density at radius 1 is 1.35 bits per heavy atom. The van der Waals surface area contributed by atoms with Crippen molar-refractivity contribution in [2.75, 3.05) is 0 Å². The lowest BCUT2D eigenvalue weighted by Gasteiger charge is -2.16. The predicted molar refractivity (Wildman–Crippen MR) is 65.3 cm³/mol. The Morgan fingerprint density at radius 2 is 2.18 bits per heavy atom. The number of nitrogens with zero attached hydrogens (tertiary/aromatic N) is 2. The minimum absolute atomic E-state index is 0.310. The van der Waals surface area contributed by atoms with E-state index in [1.807, 2.05) is 0 Å². The van der Waals surface area contributed by atoms with E-state index in [-0.39, 0.29) is 11.9 Å². The first-order valence-corrected chi connectivity index (χ1v) is 5.68. The first-order valence-electron chi connectivity index (χ1n) is 4.89. The van der Waals surface area contributed by atoms with Gasteiger partial charge in [0.2, 0.25) is 0 Å². The van der Waals surface area contributed by atoms with Gasteiger partial charge in [0, 0.05) is 16.9 Å². The quantitative estimate of drug-likeness (QED) is 0.671. The summed E-state index contributed by atoms with van der Waals surface area (Å²) in [4.78, 5) is 8.15. The van der Waals surface area contributed by atoms with Crippen molar-refractivity contribution in [2.45, 2.75) is 6.04 Å². The van der Waals surface area contributed by atoms with Crippen LogP contribution in [0, 0.1) is 5.82 Å². The van der Waals surface area contributed by atoms with E-state index in [0.717, 1.165) is 5.56 Å².